The van der Waals surface area contributed by atoms with Gasteiger partial charge in [-0.05, 0) is 56.7 Å². The second-order valence-corrected chi connectivity index (χ2v) is 9.21. The van der Waals surface area contributed by atoms with Gasteiger partial charge >= 0.3 is 5.97 Å². The summed E-state index contributed by atoms with van der Waals surface area (Å²) in [5.74, 6) is 0.0760. The third kappa shape index (κ3) is 8.66. The van der Waals surface area contributed by atoms with Gasteiger partial charge in [0, 0.05) is 17.3 Å². The van der Waals surface area contributed by atoms with Gasteiger partial charge in [-0.2, -0.15) is 0 Å². The summed E-state index contributed by atoms with van der Waals surface area (Å²) < 4.78 is 6.58. The number of carbonyl (C=O) groups excluding carboxylic acids is 2. The average molecular weight is 411 g/mol. The van der Waals surface area contributed by atoms with E-state index in [1.807, 2.05) is 52.0 Å². The van der Waals surface area contributed by atoms with Crippen LogP contribution in [-0.4, -0.2) is 17.4 Å². The van der Waals surface area contributed by atoms with Gasteiger partial charge in [-0.3, -0.25) is 9.59 Å². The summed E-state index contributed by atoms with van der Waals surface area (Å²) >= 11 is 3.40. The lowest BCUT2D eigenvalue weighted by Gasteiger charge is -2.28. The monoisotopic (exact) mass is 410 g/mol. The number of benzene rings is 1. The molecule has 3 nitrogen and oxygen atoms in total. The van der Waals surface area contributed by atoms with E-state index in [0.717, 1.165) is 16.5 Å². The Bertz CT molecular complexity index is 570. The van der Waals surface area contributed by atoms with E-state index in [1.54, 1.807) is 0 Å². The quantitative estimate of drug-likeness (QED) is 0.524. The van der Waals surface area contributed by atoms with Crippen molar-refractivity contribution in [3.63, 3.8) is 0 Å². The van der Waals surface area contributed by atoms with Gasteiger partial charge in [-0.15, -0.1) is 0 Å². The molecular weight excluding hydrogens is 380 g/mol. The molecule has 0 saturated heterocycles. The summed E-state index contributed by atoms with van der Waals surface area (Å²) in [6.07, 6.45) is 1.54. The molecule has 0 bridgehead atoms. The van der Waals surface area contributed by atoms with Crippen LogP contribution in [0.5, 0.6) is 0 Å². The molecule has 4 heteroatoms. The van der Waals surface area contributed by atoms with Crippen LogP contribution in [0.2, 0.25) is 0 Å². The van der Waals surface area contributed by atoms with Crippen LogP contribution in [0.3, 0.4) is 0 Å². The van der Waals surface area contributed by atoms with Gasteiger partial charge in [-0.1, -0.05) is 48.8 Å². The van der Waals surface area contributed by atoms with Gasteiger partial charge in [0.15, 0.2) is 0 Å². The fourth-order valence-electron chi connectivity index (χ4n) is 2.85. The van der Waals surface area contributed by atoms with E-state index in [1.165, 1.54) is 0 Å². The van der Waals surface area contributed by atoms with Crippen molar-refractivity contribution in [3.8, 4) is 0 Å². The van der Waals surface area contributed by atoms with Crippen molar-refractivity contribution in [2.24, 2.45) is 17.8 Å². The number of rotatable bonds is 8. The Morgan fingerprint density at radius 1 is 1.08 bits per heavy atom. The van der Waals surface area contributed by atoms with Crippen molar-refractivity contribution < 1.29 is 14.3 Å². The molecule has 0 aliphatic rings. The minimum atomic E-state index is -0.506. The molecule has 0 unspecified atom stereocenters. The second kappa shape index (κ2) is 9.51. The third-order valence-electron chi connectivity index (χ3n) is 3.99. The number of esters is 1. The molecule has 0 fully saturated rings. The maximum Gasteiger partial charge on any atom is 0.309 e. The van der Waals surface area contributed by atoms with Gasteiger partial charge in [0.05, 0.1) is 5.92 Å². The molecule has 1 rings (SSSR count). The molecule has 0 amide bonds. The van der Waals surface area contributed by atoms with Gasteiger partial charge < -0.3 is 4.74 Å². The molecule has 0 aromatic heterocycles. The number of Topliss-reactive ketones (excluding diaryl/α,β-unsaturated/α-hetero) is 1. The van der Waals surface area contributed by atoms with Crippen LogP contribution < -0.4 is 0 Å². The van der Waals surface area contributed by atoms with E-state index >= 15 is 0 Å². The van der Waals surface area contributed by atoms with Crippen LogP contribution >= 0.6 is 15.9 Å². The molecule has 0 radical (unpaired) electrons. The van der Waals surface area contributed by atoms with E-state index < -0.39 is 5.60 Å². The highest BCUT2D eigenvalue weighted by Crippen LogP contribution is 2.27. The third-order valence-corrected chi connectivity index (χ3v) is 4.51. The maximum absolute atomic E-state index is 12.6. The summed E-state index contributed by atoms with van der Waals surface area (Å²) in [6.45, 7) is 11.8. The van der Waals surface area contributed by atoms with Gasteiger partial charge in [0.25, 0.3) is 0 Å². The fraction of sp³-hybridized carbons (Fsp3) is 0.619. The Morgan fingerprint density at radius 3 is 2.12 bits per heavy atom. The Labute approximate surface area is 160 Å². The number of hydrogen-bond acceptors (Lipinski definition) is 3. The van der Waals surface area contributed by atoms with E-state index in [2.05, 4.69) is 29.8 Å². The lowest BCUT2D eigenvalue weighted by molar-refractivity contribution is -0.162. The highest BCUT2D eigenvalue weighted by atomic mass is 79.9. The van der Waals surface area contributed by atoms with Gasteiger partial charge in [-0.25, -0.2) is 0 Å². The summed E-state index contributed by atoms with van der Waals surface area (Å²) in [5, 5.41) is 0. The zero-order valence-electron chi connectivity index (χ0n) is 16.3. The van der Waals surface area contributed by atoms with Crippen molar-refractivity contribution >= 4 is 27.7 Å². The van der Waals surface area contributed by atoms with Crippen LogP contribution in [0.4, 0.5) is 0 Å². The highest BCUT2D eigenvalue weighted by Gasteiger charge is 2.31. The molecule has 0 aliphatic carbocycles. The molecule has 0 spiro atoms. The van der Waals surface area contributed by atoms with Crippen molar-refractivity contribution in [2.45, 2.75) is 66.4 Å². The molecule has 0 aliphatic heterocycles. The summed E-state index contributed by atoms with van der Waals surface area (Å²) in [4.78, 5) is 25.0. The second-order valence-electron chi connectivity index (χ2n) is 8.29. The topological polar surface area (TPSA) is 43.4 Å². The van der Waals surface area contributed by atoms with Gasteiger partial charge in [0.1, 0.15) is 11.4 Å². The van der Waals surface area contributed by atoms with E-state index in [-0.39, 0.29) is 23.6 Å². The average Bonchev–Trinajstić information content (AvgIpc) is 2.44. The first-order valence-electron chi connectivity index (χ1n) is 8.97. The lowest BCUT2D eigenvalue weighted by Crippen LogP contribution is -2.33. The Balaban J connectivity index is 2.72. The van der Waals surface area contributed by atoms with Crippen LogP contribution in [-0.2, 0) is 20.7 Å². The van der Waals surface area contributed by atoms with Crippen LogP contribution in [0.1, 0.15) is 59.9 Å². The molecule has 1 aromatic carbocycles. The van der Waals surface area contributed by atoms with Crippen LogP contribution in [0.25, 0.3) is 0 Å². The zero-order chi connectivity index (χ0) is 19.2. The first kappa shape index (κ1) is 21.9. The first-order valence-corrected chi connectivity index (χ1v) is 9.76. The van der Waals surface area contributed by atoms with Crippen molar-refractivity contribution in [1.82, 2.24) is 0 Å². The summed E-state index contributed by atoms with van der Waals surface area (Å²) in [6, 6.07) is 7.78. The summed E-state index contributed by atoms with van der Waals surface area (Å²) in [7, 11) is 0. The van der Waals surface area contributed by atoms with Crippen molar-refractivity contribution in [2.75, 3.05) is 0 Å². The Kier molecular flexibility index (Phi) is 8.33. The van der Waals surface area contributed by atoms with Crippen LogP contribution in [0, 0.1) is 17.8 Å². The van der Waals surface area contributed by atoms with Crippen molar-refractivity contribution in [3.05, 3.63) is 34.3 Å². The molecule has 0 heterocycles. The smallest absolute Gasteiger partial charge is 0.309 e. The minimum Gasteiger partial charge on any atom is -0.460 e. The lowest BCUT2D eigenvalue weighted by atomic mass is 9.83. The fourth-order valence-corrected chi connectivity index (χ4v) is 3.11. The minimum absolute atomic E-state index is 0.0276. The SMILES string of the molecule is CC(C)C[C@@H](C(=O)OC(C)(C)C)[C@H](C)CC(=O)Cc1ccc(Br)cc1. The predicted molar refractivity (Wildman–Crippen MR) is 105 cm³/mol. The first-order chi connectivity index (χ1) is 11.5. The molecule has 2 atom stereocenters. The van der Waals surface area contributed by atoms with E-state index in [4.69, 9.17) is 4.74 Å². The Morgan fingerprint density at radius 2 is 1.64 bits per heavy atom. The predicted octanol–water partition coefficient (Wildman–Crippen LogP) is 5.59. The number of ketones is 1. The van der Waals surface area contributed by atoms with E-state index in [9.17, 15) is 9.59 Å². The molecule has 0 saturated carbocycles. The molecule has 0 N–H and O–H groups in total. The number of halogens is 1. The Hall–Kier alpha value is -1.16. The van der Waals surface area contributed by atoms with E-state index in [0.29, 0.717) is 18.8 Å². The molecule has 140 valence electrons. The largest absolute Gasteiger partial charge is 0.460 e. The highest BCUT2D eigenvalue weighted by molar-refractivity contribution is 9.10. The number of carbonyl (C=O) groups is 2. The molecular formula is C21H31BrO3. The number of ether oxygens (including phenoxy) is 1. The zero-order valence-corrected chi connectivity index (χ0v) is 17.9. The summed E-state index contributed by atoms with van der Waals surface area (Å²) in [5.41, 5.74) is 0.492. The normalized spacial score (nSPS) is 14.2. The molecule has 25 heavy (non-hydrogen) atoms. The van der Waals surface area contributed by atoms with Crippen LogP contribution in [0.15, 0.2) is 28.7 Å². The maximum atomic E-state index is 12.6. The van der Waals surface area contributed by atoms with Gasteiger partial charge in [0.2, 0.25) is 0 Å². The number of hydrogen-bond donors (Lipinski definition) is 0. The molecule has 1 aromatic rings. The van der Waals surface area contributed by atoms with Crippen molar-refractivity contribution in [1.29, 1.82) is 0 Å². The standard InChI is InChI=1S/C21H31BrO3/c1-14(2)11-19(20(24)25-21(4,5)6)15(3)12-18(23)13-16-7-9-17(22)10-8-16/h7-10,14-15,19H,11-13H2,1-6H3/t15-,19-/m1/s1.